The molecule has 0 aliphatic rings. The first-order valence-electron chi connectivity index (χ1n) is 4.74. The number of nitrogens with two attached hydrogens (primary N) is 1. The van der Waals surface area contributed by atoms with Gasteiger partial charge in [-0.3, -0.25) is 0 Å². The first-order chi connectivity index (χ1) is 7.75. The van der Waals surface area contributed by atoms with Gasteiger partial charge in [-0.05, 0) is 18.2 Å². The maximum atomic E-state index is 14.1. The molecule has 4 nitrogen and oxygen atoms in total. The highest BCUT2D eigenvalue weighted by Gasteiger charge is 2.12. The summed E-state index contributed by atoms with van der Waals surface area (Å²) in [6, 6.07) is 6.61. The minimum Gasteiger partial charge on any atom is -0.368 e. The van der Waals surface area contributed by atoms with Crippen molar-refractivity contribution in [2.75, 3.05) is 5.73 Å². The normalized spacial score (nSPS) is 11.1. The highest BCUT2D eigenvalue weighted by atomic mass is 19.1. The third-order valence-electron chi connectivity index (χ3n) is 2.47. The standard InChI is InChI=1S/C11H8FN3O/c12-11-6(9-5-10(13)16-15-9)1-2-8-7(11)3-4-14-8/h1-5,14H,13H2. The molecular weight excluding hydrogens is 209 g/mol. The number of nitrogen functional groups attached to an aromatic ring is 1. The lowest BCUT2D eigenvalue weighted by atomic mass is 10.1. The summed E-state index contributed by atoms with van der Waals surface area (Å²) < 4.78 is 18.8. The predicted octanol–water partition coefficient (Wildman–Crippen LogP) is 2.54. The number of anilines is 1. The van der Waals surface area contributed by atoms with Crippen LogP contribution in [-0.4, -0.2) is 10.1 Å². The Labute approximate surface area is 89.9 Å². The number of nitrogens with one attached hydrogen (secondary N) is 1. The van der Waals surface area contributed by atoms with Crippen molar-refractivity contribution in [1.29, 1.82) is 0 Å². The minimum absolute atomic E-state index is 0.170. The fraction of sp³-hybridized carbons (Fsp3) is 0. The van der Waals surface area contributed by atoms with Gasteiger partial charge < -0.3 is 15.2 Å². The number of aromatic nitrogens is 2. The molecule has 0 spiro atoms. The first-order valence-corrected chi connectivity index (χ1v) is 4.74. The molecule has 0 aliphatic heterocycles. The maximum Gasteiger partial charge on any atom is 0.222 e. The molecule has 2 heterocycles. The van der Waals surface area contributed by atoms with Crippen LogP contribution < -0.4 is 5.73 Å². The van der Waals surface area contributed by atoms with E-state index in [4.69, 9.17) is 10.3 Å². The zero-order valence-corrected chi connectivity index (χ0v) is 8.20. The van der Waals surface area contributed by atoms with Crippen LogP contribution >= 0.6 is 0 Å². The highest BCUT2D eigenvalue weighted by Crippen LogP contribution is 2.28. The molecule has 0 atom stereocenters. The molecule has 0 amide bonds. The van der Waals surface area contributed by atoms with Crippen LogP contribution in [0.5, 0.6) is 0 Å². The molecule has 80 valence electrons. The van der Waals surface area contributed by atoms with Gasteiger partial charge in [-0.2, -0.15) is 0 Å². The van der Waals surface area contributed by atoms with E-state index < -0.39 is 0 Å². The largest absolute Gasteiger partial charge is 0.368 e. The summed E-state index contributed by atoms with van der Waals surface area (Å²) in [4.78, 5) is 2.94. The Bertz CT molecular complexity index is 656. The Morgan fingerprint density at radius 2 is 2.19 bits per heavy atom. The van der Waals surface area contributed by atoms with Gasteiger partial charge in [0.1, 0.15) is 11.5 Å². The second kappa shape index (κ2) is 3.10. The summed E-state index contributed by atoms with van der Waals surface area (Å²) in [5.41, 5.74) is 6.93. The van der Waals surface area contributed by atoms with Crippen LogP contribution in [0.3, 0.4) is 0 Å². The van der Waals surface area contributed by atoms with E-state index in [2.05, 4.69) is 10.1 Å². The molecule has 3 N–H and O–H groups in total. The van der Waals surface area contributed by atoms with Gasteiger partial charge >= 0.3 is 0 Å². The van der Waals surface area contributed by atoms with Gasteiger partial charge in [0, 0.05) is 28.7 Å². The third kappa shape index (κ3) is 1.18. The molecule has 0 radical (unpaired) electrons. The fourth-order valence-electron chi connectivity index (χ4n) is 1.71. The van der Waals surface area contributed by atoms with Crippen molar-refractivity contribution in [3.8, 4) is 11.3 Å². The van der Waals surface area contributed by atoms with Gasteiger partial charge in [0.2, 0.25) is 5.88 Å². The monoisotopic (exact) mass is 217 g/mol. The van der Waals surface area contributed by atoms with E-state index in [1.807, 2.05) is 0 Å². The first kappa shape index (κ1) is 8.96. The summed E-state index contributed by atoms with van der Waals surface area (Å²) in [6.07, 6.45) is 1.69. The van der Waals surface area contributed by atoms with Crippen LogP contribution in [0.2, 0.25) is 0 Å². The second-order valence-electron chi connectivity index (χ2n) is 3.48. The lowest BCUT2D eigenvalue weighted by Crippen LogP contribution is -1.85. The number of nitrogens with zero attached hydrogens (tertiary/aromatic N) is 1. The third-order valence-corrected chi connectivity index (χ3v) is 2.47. The zero-order valence-electron chi connectivity index (χ0n) is 8.20. The van der Waals surface area contributed by atoms with Crippen molar-refractivity contribution in [3.63, 3.8) is 0 Å². The Morgan fingerprint density at radius 3 is 2.94 bits per heavy atom. The Hall–Kier alpha value is -2.30. The molecular formula is C11H8FN3O. The van der Waals surface area contributed by atoms with Gasteiger partial charge in [0.25, 0.3) is 0 Å². The highest BCUT2D eigenvalue weighted by molar-refractivity contribution is 5.85. The van der Waals surface area contributed by atoms with Crippen LogP contribution in [0.4, 0.5) is 10.3 Å². The van der Waals surface area contributed by atoms with Crippen LogP contribution in [0.25, 0.3) is 22.2 Å². The summed E-state index contributed by atoms with van der Waals surface area (Å²) in [7, 11) is 0. The Balaban J connectivity index is 2.27. The molecule has 0 bridgehead atoms. The molecule has 0 unspecified atom stereocenters. The van der Waals surface area contributed by atoms with Crippen molar-refractivity contribution < 1.29 is 8.91 Å². The molecule has 0 saturated carbocycles. The van der Waals surface area contributed by atoms with E-state index in [1.165, 1.54) is 6.07 Å². The second-order valence-corrected chi connectivity index (χ2v) is 3.48. The number of benzene rings is 1. The van der Waals surface area contributed by atoms with Crippen molar-refractivity contribution in [2.45, 2.75) is 0 Å². The average Bonchev–Trinajstić information content (AvgIpc) is 2.87. The number of hydrogen-bond donors (Lipinski definition) is 2. The summed E-state index contributed by atoms with van der Waals surface area (Å²) in [6.45, 7) is 0. The molecule has 2 aromatic heterocycles. The smallest absolute Gasteiger partial charge is 0.222 e. The summed E-state index contributed by atoms with van der Waals surface area (Å²) >= 11 is 0. The molecule has 5 heteroatoms. The molecule has 16 heavy (non-hydrogen) atoms. The van der Waals surface area contributed by atoms with Gasteiger partial charge in [-0.25, -0.2) is 4.39 Å². The number of aromatic amines is 1. The Kier molecular flexibility index (Phi) is 1.73. The predicted molar refractivity (Wildman–Crippen MR) is 58.2 cm³/mol. The summed E-state index contributed by atoms with van der Waals surface area (Å²) in [5, 5.41) is 4.21. The molecule has 0 aliphatic carbocycles. The maximum absolute atomic E-state index is 14.1. The number of hydrogen-bond acceptors (Lipinski definition) is 3. The quantitative estimate of drug-likeness (QED) is 0.658. The van der Waals surface area contributed by atoms with Gasteiger partial charge in [0.05, 0.1) is 0 Å². The SMILES string of the molecule is Nc1cc(-c2ccc3[nH]ccc3c2F)no1. The van der Waals surface area contributed by atoms with E-state index in [1.54, 1.807) is 24.4 Å². The van der Waals surface area contributed by atoms with Crippen molar-refractivity contribution in [1.82, 2.24) is 10.1 Å². The van der Waals surface area contributed by atoms with E-state index in [-0.39, 0.29) is 11.7 Å². The average molecular weight is 217 g/mol. The van der Waals surface area contributed by atoms with E-state index >= 15 is 0 Å². The number of fused-ring (bicyclic) bond motifs is 1. The Morgan fingerprint density at radius 1 is 1.31 bits per heavy atom. The van der Waals surface area contributed by atoms with E-state index in [9.17, 15) is 4.39 Å². The number of rotatable bonds is 1. The van der Waals surface area contributed by atoms with Crippen LogP contribution in [0.1, 0.15) is 0 Å². The number of halogens is 1. The fourth-order valence-corrected chi connectivity index (χ4v) is 1.71. The molecule has 0 fully saturated rings. The number of H-pyrrole nitrogens is 1. The van der Waals surface area contributed by atoms with Gasteiger partial charge in [0.15, 0.2) is 0 Å². The molecule has 0 saturated heterocycles. The van der Waals surface area contributed by atoms with Gasteiger partial charge in [-0.1, -0.05) is 5.16 Å². The molecule has 1 aromatic carbocycles. The molecule has 3 rings (SSSR count). The van der Waals surface area contributed by atoms with Crippen LogP contribution in [-0.2, 0) is 0 Å². The van der Waals surface area contributed by atoms with E-state index in [0.29, 0.717) is 16.6 Å². The molecule has 3 aromatic rings. The van der Waals surface area contributed by atoms with Crippen molar-refractivity contribution >= 4 is 16.8 Å². The van der Waals surface area contributed by atoms with E-state index in [0.717, 1.165) is 5.52 Å². The van der Waals surface area contributed by atoms with Crippen LogP contribution in [0.15, 0.2) is 35.0 Å². The lowest BCUT2D eigenvalue weighted by Gasteiger charge is -1.99. The topological polar surface area (TPSA) is 67.8 Å². The van der Waals surface area contributed by atoms with Gasteiger partial charge in [-0.15, -0.1) is 0 Å². The van der Waals surface area contributed by atoms with Crippen LogP contribution in [0, 0.1) is 5.82 Å². The minimum atomic E-state index is -0.327. The van der Waals surface area contributed by atoms with Crippen molar-refractivity contribution in [3.05, 3.63) is 36.3 Å². The zero-order chi connectivity index (χ0) is 11.1. The summed E-state index contributed by atoms with van der Waals surface area (Å²) in [5.74, 6) is -0.157. The van der Waals surface area contributed by atoms with Crippen molar-refractivity contribution in [2.24, 2.45) is 0 Å². The lowest BCUT2D eigenvalue weighted by molar-refractivity contribution is 0.438.